The quantitative estimate of drug-likeness (QED) is 0.362. The first-order valence-electron chi connectivity index (χ1n) is 9.72. The van der Waals surface area contributed by atoms with Crippen molar-refractivity contribution in [3.05, 3.63) is 46.8 Å². The Morgan fingerprint density at radius 3 is 2.29 bits per heavy atom. The van der Waals surface area contributed by atoms with Crippen LogP contribution in [-0.2, 0) is 40.6 Å². The van der Waals surface area contributed by atoms with Gasteiger partial charge in [0.25, 0.3) is 0 Å². The summed E-state index contributed by atoms with van der Waals surface area (Å²) < 4.78 is 108. The molecule has 3 rings (SSSR count). The number of rotatable bonds is 5. The monoisotopic (exact) mass is 516 g/mol. The molecule has 1 aliphatic rings. The number of carbonyl (C=O) groups excluding carboxylic acids is 1. The van der Waals surface area contributed by atoms with Gasteiger partial charge in [-0.3, -0.25) is 4.79 Å². The summed E-state index contributed by atoms with van der Waals surface area (Å²) in [5.74, 6) is -5.46. The van der Waals surface area contributed by atoms with Crippen molar-refractivity contribution in [3.63, 3.8) is 0 Å². The van der Waals surface area contributed by atoms with Crippen LogP contribution in [0.1, 0.15) is 30.6 Å². The van der Waals surface area contributed by atoms with E-state index in [-0.39, 0.29) is 49.6 Å². The van der Waals surface area contributed by atoms with Gasteiger partial charge in [-0.1, -0.05) is 6.92 Å². The minimum absolute atomic E-state index is 0.000783. The van der Waals surface area contributed by atoms with E-state index in [0.29, 0.717) is 12.1 Å². The van der Waals surface area contributed by atoms with Gasteiger partial charge in [0, 0.05) is 37.4 Å². The van der Waals surface area contributed by atoms with E-state index in [0.717, 1.165) is 4.57 Å². The molecule has 0 aliphatic carbocycles. The Morgan fingerprint density at radius 1 is 1.15 bits per heavy atom. The van der Waals surface area contributed by atoms with Gasteiger partial charge in [0.2, 0.25) is 11.7 Å². The molecule has 2 N–H and O–H groups in total. The first kappa shape index (κ1) is 27.5. The Hall–Kier alpha value is -2.72. The van der Waals surface area contributed by atoms with Crippen LogP contribution in [0.3, 0.4) is 0 Å². The molecule has 0 spiro atoms. The highest BCUT2D eigenvalue weighted by molar-refractivity contribution is 7.85. The number of aromatic nitrogens is 3. The van der Waals surface area contributed by atoms with Gasteiger partial charge >= 0.3 is 6.18 Å². The standard InChI is InChI=1S/C16H15F6N5O.C2H6O3S/c17-10-6-12(19)11(18)4-8(10)3-9(23)5-14(28)26-1-2-27-13(7-26)24-25-15(27)16(20,21)22;1-2-6(3,4)5/h4,6,9H,1-3,5,7,23H2;2H2,1H3,(H,3,4,5)/p-1/t9-;/m1./s1. The van der Waals surface area contributed by atoms with Crippen molar-refractivity contribution >= 4 is 16.0 Å². The molecule has 1 aromatic carbocycles. The van der Waals surface area contributed by atoms with E-state index >= 15 is 0 Å². The fourth-order valence-corrected chi connectivity index (χ4v) is 3.01. The van der Waals surface area contributed by atoms with E-state index in [2.05, 4.69) is 10.2 Å². The van der Waals surface area contributed by atoms with Crippen molar-refractivity contribution in [1.29, 1.82) is 0 Å². The highest BCUT2D eigenvalue weighted by atomic mass is 32.2. The maximum absolute atomic E-state index is 13.7. The molecule has 1 aromatic heterocycles. The molecular formula is C18H20F6N5O4S-. The Labute approximate surface area is 190 Å². The zero-order chi connectivity index (χ0) is 25.8. The molecule has 0 saturated heterocycles. The molecule has 34 heavy (non-hydrogen) atoms. The summed E-state index contributed by atoms with van der Waals surface area (Å²) in [6.07, 6.45) is -5.11. The first-order valence-corrected chi connectivity index (χ1v) is 11.3. The van der Waals surface area contributed by atoms with E-state index in [1.165, 1.54) is 11.8 Å². The molecule has 1 amide bonds. The second kappa shape index (κ2) is 10.7. The molecule has 16 heteroatoms. The van der Waals surface area contributed by atoms with E-state index in [1.54, 1.807) is 0 Å². The third kappa shape index (κ3) is 7.39. The summed E-state index contributed by atoms with van der Waals surface area (Å²) in [5, 5.41) is 6.60. The lowest BCUT2D eigenvalue weighted by Crippen LogP contribution is -2.42. The van der Waals surface area contributed by atoms with Gasteiger partial charge in [0.15, 0.2) is 17.5 Å². The maximum Gasteiger partial charge on any atom is 0.451 e. The summed E-state index contributed by atoms with van der Waals surface area (Å²) in [4.78, 5) is 13.6. The molecule has 0 bridgehead atoms. The van der Waals surface area contributed by atoms with Crippen LogP contribution in [0.4, 0.5) is 26.3 Å². The minimum Gasteiger partial charge on any atom is -0.748 e. The molecule has 2 heterocycles. The van der Waals surface area contributed by atoms with E-state index in [4.69, 9.17) is 5.73 Å². The first-order chi connectivity index (χ1) is 15.6. The van der Waals surface area contributed by atoms with Crippen molar-refractivity contribution in [3.8, 4) is 0 Å². The summed E-state index contributed by atoms with van der Waals surface area (Å²) in [7, 11) is -3.91. The number of hydrogen-bond donors (Lipinski definition) is 1. The van der Waals surface area contributed by atoms with Crippen LogP contribution < -0.4 is 5.73 Å². The van der Waals surface area contributed by atoms with Gasteiger partial charge in [0.1, 0.15) is 5.82 Å². The zero-order valence-electron chi connectivity index (χ0n) is 17.6. The fourth-order valence-electron chi connectivity index (χ4n) is 3.01. The lowest BCUT2D eigenvalue weighted by atomic mass is 10.0. The highest BCUT2D eigenvalue weighted by Crippen LogP contribution is 2.29. The summed E-state index contributed by atoms with van der Waals surface area (Å²) in [5.41, 5.74) is 5.64. The molecule has 1 aliphatic heterocycles. The van der Waals surface area contributed by atoms with Crippen molar-refractivity contribution in [2.24, 2.45) is 5.73 Å². The number of carbonyl (C=O) groups is 1. The number of amides is 1. The molecule has 190 valence electrons. The predicted octanol–water partition coefficient (Wildman–Crippen LogP) is 1.57. The Balaban J connectivity index is 0.000000604. The number of benzene rings is 1. The largest absolute Gasteiger partial charge is 0.748 e. The van der Waals surface area contributed by atoms with E-state index in [9.17, 15) is 44.1 Å². The van der Waals surface area contributed by atoms with Gasteiger partial charge < -0.3 is 19.8 Å². The van der Waals surface area contributed by atoms with Crippen LogP contribution in [0, 0.1) is 17.5 Å². The third-order valence-electron chi connectivity index (χ3n) is 4.72. The average Bonchev–Trinajstić information content (AvgIpc) is 3.15. The molecule has 2 aromatic rings. The summed E-state index contributed by atoms with van der Waals surface area (Å²) >= 11 is 0. The molecule has 0 radical (unpaired) electrons. The molecule has 1 atom stereocenters. The van der Waals surface area contributed by atoms with Crippen LogP contribution in [-0.4, -0.2) is 56.9 Å². The van der Waals surface area contributed by atoms with Crippen molar-refractivity contribution in [2.75, 3.05) is 12.3 Å². The molecule has 0 fully saturated rings. The molecular weight excluding hydrogens is 496 g/mol. The normalized spacial score (nSPS) is 14.8. The smallest absolute Gasteiger partial charge is 0.451 e. The van der Waals surface area contributed by atoms with Crippen LogP contribution in [0.5, 0.6) is 0 Å². The second-order valence-electron chi connectivity index (χ2n) is 7.28. The summed E-state index contributed by atoms with van der Waals surface area (Å²) in [6, 6.07) is 0.184. The number of fused-ring (bicyclic) bond motifs is 1. The van der Waals surface area contributed by atoms with Crippen LogP contribution in [0.15, 0.2) is 12.1 Å². The number of alkyl halides is 3. The zero-order valence-corrected chi connectivity index (χ0v) is 18.5. The second-order valence-corrected chi connectivity index (χ2v) is 8.97. The lowest BCUT2D eigenvalue weighted by molar-refractivity contribution is -0.148. The Bertz CT molecular complexity index is 1140. The Kier molecular flexibility index (Phi) is 8.65. The van der Waals surface area contributed by atoms with Gasteiger partial charge in [-0.05, 0) is 18.1 Å². The lowest BCUT2D eigenvalue weighted by Gasteiger charge is -2.29. The number of hydrogen-bond acceptors (Lipinski definition) is 7. The highest BCUT2D eigenvalue weighted by Gasteiger charge is 2.40. The van der Waals surface area contributed by atoms with Gasteiger partial charge in [0.05, 0.1) is 16.7 Å². The Morgan fingerprint density at radius 2 is 1.74 bits per heavy atom. The van der Waals surface area contributed by atoms with E-state index < -0.39 is 51.5 Å². The average molecular weight is 516 g/mol. The topological polar surface area (TPSA) is 134 Å². The fraction of sp³-hybridized carbons (Fsp3) is 0.500. The third-order valence-corrected chi connectivity index (χ3v) is 5.43. The van der Waals surface area contributed by atoms with Crippen LogP contribution in [0.2, 0.25) is 0 Å². The molecule has 9 nitrogen and oxygen atoms in total. The van der Waals surface area contributed by atoms with Crippen LogP contribution in [0.25, 0.3) is 0 Å². The van der Waals surface area contributed by atoms with Crippen molar-refractivity contribution in [2.45, 2.75) is 45.1 Å². The summed E-state index contributed by atoms with van der Waals surface area (Å²) in [6.45, 7) is 1.01. The van der Waals surface area contributed by atoms with Gasteiger partial charge in [-0.2, -0.15) is 13.2 Å². The van der Waals surface area contributed by atoms with E-state index in [1.807, 2.05) is 0 Å². The number of nitrogens with zero attached hydrogens (tertiary/aromatic N) is 4. The van der Waals surface area contributed by atoms with Gasteiger partial charge in [-0.25, -0.2) is 21.6 Å². The number of nitrogens with two attached hydrogens (primary N) is 1. The number of halogens is 6. The van der Waals surface area contributed by atoms with Crippen molar-refractivity contribution < 1.29 is 44.1 Å². The van der Waals surface area contributed by atoms with Gasteiger partial charge in [-0.15, -0.1) is 10.2 Å². The molecule has 0 saturated carbocycles. The van der Waals surface area contributed by atoms with Crippen molar-refractivity contribution in [1.82, 2.24) is 19.7 Å². The minimum atomic E-state index is -4.64. The maximum atomic E-state index is 13.7. The SMILES string of the molecule is CCS(=O)(=O)[O-].N[C@@H](CC(=O)N1CCn2c(nnc2C(F)(F)F)C1)Cc1cc(F)c(F)cc1F. The van der Waals surface area contributed by atoms with Crippen LogP contribution >= 0.6 is 0 Å². The predicted molar refractivity (Wildman–Crippen MR) is 103 cm³/mol. The molecule has 0 unspecified atom stereocenters.